The molecule has 0 spiro atoms. The van der Waals surface area contributed by atoms with E-state index in [4.69, 9.17) is 0 Å². The minimum Gasteiger partial charge on any atom is -0.390 e. The highest BCUT2D eigenvalue weighted by Gasteiger charge is 2.40. The molecule has 4 heteroatoms. The lowest BCUT2D eigenvalue weighted by atomic mass is 9.80. The van der Waals surface area contributed by atoms with Crippen molar-refractivity contribution in [3.05, 3.63) is 35.9 Å². The summed E-state index contributed by atoms with van der Waals surface area (Å²) in [6.45, 7) is 2.65. The van der Waals surface area contributed by atoms with Gasteiger partial charge in [-0.05, 0) is 30.9 Å². The van der Waals surface area contributed by atoms with Crippen molar-refractivity contribution in [2.24, 2.45) is 5.92 Å². The summed E-state index contributed by atoms with van der Waals surface area (Å²) < 4.78 is 0. The van der Waals surface area contributed by atoms with E-state index in [1.54, 1.807) is 0 Å². The molecule has 0 aromatic heterocycles. The monoisotopic (exact) mass is 265 g/mol. The molecule has 1 saturated carbocycles. The Morgan fingerprint density at radius 1 is 1.05 bits per heavy atom. The van der Waals surface area contributed by atoms with Crippen LogP contribution in [0.4, 0.5) is 0 Å². The van der Waals surface area contributed by atoms with Gasteiger partial charge in [0, 0.05) is 6.04 Å². The Balaban J connectivity index is 1.82. The van der Waals surface area contributed by atoms with Gasteiger partial charge >= 0.3 is 0 Å². The molecule has 0 unspecified atom stereocenters. The first-order valence-corrected chi connectivity index (χ1v) is 6.91. The van der Waals surface area contributed by atoms with Gasteiger partial charge in [0.1, 0.15) is 6.10 Å². The van der Waals surface area contributed by atoms with Crippen molar-refractivity contribution in [2.75, 3.05) is 6.54 Å². The van der Waals surface area contributed by atoms with Gasteiger partial charge in [-0.2, -0.15) is 0 Å². The van der Waals surface area contributed by atoms with Crippen molar-refractivity contribution in [1.82, 2.24) is 5.32 Å². The van der Waals surface area contributed by atoms with E-state index in [1.807, 2.05) is 25.1 Å². The van der Waals surface area contributed by atoms with E-state index in [0.29, 0.717) is 6.42 Å². The molecule has 0 bridgehead atoms. The minimum absolute atomic E-state index is 0.00683. The second-order valence-electron chi connectivity index (χ2n) is 5.48. The molecule has 0 radical (unpaired) electrons. The van der Waals surface area contributed by atoms with Crippen LogP contribution in [0.15, 0.2) is 30.3 Å². The minimum atomic E-state index is -1.06. The second kappa shape index (κ2) is 6.48. The molecule has 1 aromatic carbocycles. The summed E-state index contributed by atoms with van der Waals surface area (Å²) >= 11 is 0. The van der Waals surface area contributed by atoms with E-state index in [1.165, 1.54) is 5.56 Å². The molecule has 1 fully saturated rings. The Morgan fingerprint density at radius 3 is 2.42 bits per heavy atom. The van der Waals surface area contributed by atoms with Gasteiger partial charge < -0.3 is 20.6 Å². The largest absolute Gasteiger partial charge is 0.390 e. The van der Waals surface area contributed by atoms with Crippen LogP contribution in [-0.2, 0) is 6.42 Å². The predicted octanol–water partition coefficient (Wildman–Crippen LogP) is 0.310. The summed E-state index contributed by atoms with van der Waals surface area (Å²) in [5.74, 6) is -0.00683. The van der Waals surface area contributed by atoms with Crippen molar-refractivity contribution in [3.63, 3.8) is 0 Å². The lowest BCUT2D eigenvalue weighted by Crippen LogP contribution is -2.57. The average molecular weight is 265 g/mol. The Labute approximate surface area is 114 Å². The summed E-state index contributed by atoms with van der Waals surface area (Å²) in [6, 6.07) is 9.99. The highest BCUT2D eigenvalue weighted by atomic mass is 16.4. The van der Waals surface area contributed by atoms with Crippen LogP contribution in [0.25, 0.3) is 0 Å². The summed E-state index contributed by atoms with van der Waals surface area (Å²) in [5, 5.41) is 32.7. The topological polar surface area (TPSA) is 72.7 Å². The van der Waals surface area contributed by atoms with Crippen LogP contribution in [0.1, 0.15) is 18.9 Å². The van der Waals surface area contributed by atoms with Gasteiger partial charge in [-0.3, -0.25) is 0 Å². The third-order valence-corrected chi connectivity index (χ3v) is 3.98. The first kappa shape index (κ1) is 14.5. The van der Waals surface area contributed by atoms with E-state index >= 15 is 0 Å². The van der Waals surface area contributed by atoms with Crippen LogP contribution in [0, 0.1) is 5.92 Å². The molecule has 4 N–H and O–H groups in total. The number of rotatable bonds is 4. The zero-order chi connectivity index (χ0) is 13.8. The first-order chi connectivity index (χ1) is 9.09. The average Bonchev–Trinajstić information content (AvgIpc) is 2.43. The van der Waals surface area contributed by atoms with Crippen LogP contribution in [0.5, 0.6) is 0 Å². The number of nitrogens with one attached hydrogen (secondary N) is 1. The lowest BCUT2D eigenvalue weighted by Gasteiger charge is -2.39. The SMILES string of the molecule is C[C@H]1C[C@@H](NCCc2ccccc2)[C@H](O)[C@@H](O)[C@H]1O. The fourth-order valence-corrected chi connectivity index (χ4v) is 2.71. The summed E-state index contributed by atoms with van der Waals surface area (Å²) in [6.07, 6.45) is -1.23. The molecule has 0 amide bonds. The summed E-state index contributed by atoms with van der Waals surface area (Å²) in [4.78, 5) is 0. The summed E-state index contributed by atoms with van der Waals surface area (Å²) in [7, 11) is 0. The third kappa shape index (κ3) is 3.54. The Hall–Kier alpha value is -0.940. The fourth-order valence-electron chi connectivity index (χ4n) is 2.71. The van der Waals surface area contributed by atoms with Gasteiger partial charge in [-0.15, -0.1) is 0 Å². The molecule has 1 aromatic rings. The van der Waals surface area contributed by atoms with Gasteiger partial charge in [0.2, 0.25) is 0 Å². The Kier molecular flexibility index (Phi) is 4.93. The normalized spacial score (nSPS) is 35.3. The molecule has 1 aliphatic rings. The standard InChI is InChI=1S/C15H23NO3/c1-10-9-12(14(18)15(19)13(10)17)16-8-7-11-5-3-2-4-6-11/h2-6,10,12-19H,7-9H2,1H3/t10-,12+,13-,14-,15-/m0/s1. The molecule has 1 aliphatic carbocycles. The van der Waals surface area contributed by atoms with Crippen LogP contribution >= 0.6 is 0 Å². The smallest absolute Gasteiger partial charge is 0.107 e. The van der Waals surface area contributed by atoms with E-state index in [9.17, 15) is 15.3 Å². The zero-order valence-corrected chi connectivity index (χ0v) is 11.2. The molecule has 106 valence electrons. The van der Waals surface area contributed by atoms with Crippen molar-refractivity contribution < 1.29 is 15.3 Å². The molecule has 4 nitrogen and oxygen atoms in total. The van der Waals surface area contributed by atoms with Gasteiger partial charge in [-0.25, -0.2) is 0 Å². The van der Waals surface area contributed by atoms with Gasteiger partial charge in [-0.1, -0.05) is 37.3 Å². The van der Waals surface area contributed by atoms with Crippen molar-refractivity contribution in [1.29, 1.82) is 0 Å². The maximum Gasteiger partial charge on any atom is 0.107 e. The van der Waals surface area contributed by atoms with Gasteiger partial charge in [0.15, 0.2) is 0 Å². The zero-order valence-electron chi connectivity index (χ0n) is 11.2. The molecule has 0 aliphatic heterocycles. The quantitative estimate of drug-likeness (QED) is 0.632. The Bertz CT molecular complexity index is 384. The molecular formula is C15H23NO3. The van der Waals surface area contributed by atoms with Gasteiger partial charge in [0.05, 0.1) is 12.2 Å². The van der Waals surface area contributed by atoms with Gasteiger partial charge in [0.25, 0.3) is 0 Å². The third-order valence-electron chi connectivity index (χ3n) is 3.98. The van der Waals surface area contributed by atoms with Crippen molar-refractivity contribution in [2.45, 2.75) is 44.1 Å². The highest BCUT2D eigenvalue weighted by Crippen LogP contribution is 2.25. The fraction of sp³-hybridized carbons (Fsp3) is 0.600. The highest BCUT2D eigenvalue weighted by molar-refractivity contribution is 5.14. The van der Waals surface area contributed by atoms with Crippen molar-refractivity contribution >= 4 is 0 Å². The number of aliphatic hydroxyl groups is 3. The van der Waals surface area contributed by atoms with E-state index in [2.05, 4.69) is 17.4 Å². The van der Waals surface area contributed by atoms with Crippen LogP contribution in [-0.4, -0.2) is 46.2 Å². The lowest BCUT2D eigenvalue weighted by molar-refractivity contribution is -0.119. The number of aliphatic hydroxyl groups excluding tert-OH is 3. The summed E-state index contributed by atoms with van der Waals surface area (Å²) in [5.41, 5.74) is 1.24. The molecular weight excluding hydrogens is 242 g/mol. The molecule has 0 saturated heterocycles. The number of benzene rings is 1. The molecule has 0 heterocycles. The second-order valence-corrected chi connectivity index (χ2v) is 5.48. The maximum atomic E-state index is 9.95. The number of hydrogen-bond acceptors (Lipinski definition) is 4. The van der Waals surface area contributed by atoms with Crippen LogP contribution in [0.3, 0.4) is 0 Å². The number of hydrogen-bond donors (Lipinski definition) is 4. The molecule has 5 atom stereocenters. The molecule has 2 rings (SSSR count). The van der Waals surface area contributed by atoms with E-state index in [0.717, 1.165) is 13.0 Å². The van der Waals surface area contributed by atoms with Crippen molar-refractivity contribution in [3.8, 4) is 0 Å². The first-order valence-electron chi connectivity index (χ1n) is 6.91. The van der Waals surface area contributed by atoms with Crippen LogP contribution < -0.4 is 5.32 Å². The van der Waals surface area contributed by atoms with E-state index < -0.39 is 18.3 Å². The van der Waals surface area contributed by atoms with Crippen LogP contribution in [0.2, 0.25) is 0 Å². The maximum absolute atomic E-state index is 9.95. The van der Waals surface area contributed by atoms with E-state index in [-0.39, 0.29) is 12.0 Å². The predicted molar refractivity (Wildman–Crippen MR) is 73.7 cm³/mol. The Morgan fingerprint density at radius 2 is 1.74 bits per heavy atom. The molecule has 19 heavy (non-hydrogen) atoms.